The standard InChI is InChI=1S/C16H16Cl2N2O2/c17-12-4-1-5-13(18)16(12)14(21)10-20-15(22)7-6-11-3-2-8-19-9-11/h1-5,8-9,14,21H,6-7,10H2,(H,20,22). The van der Waals surface area contributed by atoms with Gasteiger partial charge in [0, 0.05) is 41.0 Å². The summed E-state index contributed by atoms with van der Waals surface area (Å²) in [6, 6.07) is 8.74. The molecule has 0 radical (unpaired) electrons. The first-order chi connectivity index (χ1) is 10.6. The molecule has 0 bridgehead atoms. The highest BCUT2D eigenvalue weighted by Gasteiger charge is 2.16. The second-order valence-corrected chi connectivity index (χ2v) is 5.63. The van der Waals surface area contributed by atoms with Gasteiger partial charge in [-0.25, -0.2) is 0 Å². The van der Waals surface area contributed by atoms with Crippen LogP contribution in [0.5, 0.6) is 0 Å². The van der Waals surface area contributed by atoms with Crippen molar-refractivity contribution in [1.29, 1.82) is 0 Å². The van der Waals surface area contributed by atoms with Gasteiger partial charge >= 0.3 is 0 Å². The number of hydrogen-bond acceptors (Lipinski definition) is 3. The number of nitrogens with one attached hydrogen (secondary N) is 1. The van der Waals surface area contributed by atoms with E-state index in [2.05, 4.69) is 10.3 Å². The summed E-state index contributed by atoms with van der Waals surface area (Å²) in [5.41, 5.74) is 1.42. The first kappa shape index (κ1) is 16.7. The second kappa shape index (κ2) is 8.13. The van der Waals surface area contributed by atoms with Gasteiger partial charge in [-0.2, -0.15) is 0 Å². The SMILES string of the molecule is O=C(CCc1cccnc1)NCC(O)c1c(Cl)cccc1Cl. The third kappa shape index (κ3) is 4.70. The Morgan fingerprint density at radius 1 is 1.23 bits per heavy atom. The Morgan fingerprint density at radius 3 is 2.59 bits per heavy atom. The molecule has 0 aliphatic rings. The summed E-state index contributed by atoms with van der Waals surface area (Å²) in [7, 11) is 0. The van der Waals surface area contributed by atoms with E-state index < -0.39 is 6.10 Å². The molecule has 0 aliphatic heterocycles. The Kier molecular flexibility index (Phi) is 6.19. The first-order valence-electron chi connectivity index (χ1n) is 6.85. The molecule has 0 spiro atoms. The predicted molar refractivity (Wildman–Crippen MR) is 87.0 cm³/mol. The largest absolute Gasteiger partial charge is 0.386 e. The topological polar surface area (TPSA) is 62.2 Å². The minimum absolute atomic E-state index is 0.0648. The highest BCUT2D eigenvalue weighted by Crippen LogP contribution is 2.29. The quantitative estimate of drug-likeness (QED) is 0.850. The smallest absolute Gasteiger partial charge is 0.220 e. The van der Waals surface area contributed by atoms with Crippen LogP contribution in [0, 0.1) is 0 Å². The number of aromatic nitrogens is 1. The molecule has 1 heterocycles. The summed E-state index contributed by atoms with van der Waals surface area (Å²) in [6.45, 7) is 0.0648. The van der Waals surface area contributed by atoms with Crippen LogP contribution in [0.4, 0.5) is 0 Å². The van der Waals surface area contributed by atoms with Gasteiger partial charge in [0.1, 0.15) is 0 Å². The van der Waals surface area contributed by atoms with Crippen molar-refractivity contribution in [3.05, 3.63) is 63.9 Å². The lowest BCUT2D eigenvalue weighted by Crippen LogP contribution is -2.28. The average Bonchev–Trinajstić information content (AvgIpc) is 2.52. The van der Waals surface area contributed by atoms with Crippen LogP contribution in [0.1, 0.15) is 23.7 Å². The van der Waals surface area contributed by atoms with Crippen LogP contribution in [0.25, 0.3) is 0 Å². The average molecular weight is 339 g/mol. The Labute approximate surface area is 139 Å². The number of benzene rings is 1. The van der Waals surface area contributed by atoms with Gasteiger partial charge in [0.2, 0.25) is 5.91 Å². The van der Waals surface area contributed by atoms with E-state index in [0.29, 0.717) is 28.5 Å². The summed E-state index contributed by atoms with van der Waals surface area (Å²) in [5.74, 6) is -0.147. The minimum atomic E-state index is -0.941. The van der Waals surface area contributed by atoms with Gasteiger partial charge in [0.15, 0.2) is 0 Å². The van der Waals surface area contributed by atoms with Gasteiger partial charge in [-0.3, -0.25) is 9.78 Å². The van der Waals surface area contributed by atoms with Crippen molar-refractivity contribution in [2.75, 3.05) is 6.54 Å². The molecule has 2 rings (SSSR count). The van der Waals surface area contributed by atoms with Crippen molar-refractivity contribution >= 4 is 29.1 Å². The van der Waals surface area contributed by atoms with E-state index in [1.54, 1.807) is 30.6 Å². The molecule has 4 nitrogen and oxygen atoms in total. The molecule has 1 aromatic heterocycles. The van der Waals surface area contributed by atoms with E-state index in [-0.39, 0.29) is 12.5 Å². The number of aliphatic hydroxyl groups is 1. The first-order valence-corrected chi connectivity index (χ1v) is 7.61. The number of rotatable bonds is 6. The van der Waals surface area contributed by atoms with Crippen LogP contribution < -0.4 is 5.32 Å². The number of nitrogens with zero attached hydrogens (tertiary/aromatic N) is 1. The van der Waals surface area contributed by atoms with Gasteiger partial charge in [0.25, 0.3) is 0 Å². The molecular weight excluding hydrogens is 323 g/mol. The third-order valence-corrected chi connectivity index (χ3v) is 3.85. The number of amides is 1. The van der Waals surface area contributed by atoms with E-state index in [1.165, 1.54) is 0 Å². The molecule has 0 fully saturated rings. The zero-order valence-corrected chi connectivity index (χ0v) is 13.3. The molecule has 0 saturated carbocycles. The molecule has 1 unspecified atom stereocenters. The maximum Gasteiger partial charge on any atom is 0.220 e. The summed E-state index contributed by atoms with van der Waals surface area (Å²) < 4.78 is 0. The van der Waals surface area contributed by atoms with Crippen LogP contribution in [0.3, 0.4) is 0 Å². The highest BCUT2D eigenvalue weighted by molar-refractivity contribution is 6.36. The van der Waals surface area contributed by atoms with Crippen LogP contribution in [-0.4, -0.2) is 22.5 Å². The lowest BCUT2D eigenvalue weighted by molar-refractivity contribution is -0.121. The number of carbonyl (C=O) groups is 1. The summed E-state index contributed by atoms with van der Waals surface area (Å²) in [6.07, 6.45) is 3.40. The number of halogens is 2. The molecule has 22 heavy (non-hydrogen) atoms. The number of aliphatic hydroxyl groups excluding tert-OH is 1. The van der Waals surface area contributed by atoms with Gasteiger partial charge in [-0.05, 0) is 30.2 Å². The summed E-state index contributed by atoms with van der Waals surface area (Å²) >= 11 is 12.0. The molecule has 2 aromatic rings. The van der Waals surface area contributed by atoms with Gasteiger partial charge in [0.05, 0.1) is 6.10 Å². The molecule has 1 amide bonds. The van der Waals surface area contributed by atoms with Crippen LogP contribution >= 0.6 is 23.2 Å². The summed E-state index contributed by atoms with van der Waals surface area (Å²) in [4.78, 5) is 15.8. The Morgan fingerprint density at radius 2 is 1.95 bits per heavy atom. The zero-order chi connectivity index (χ0) is 15.9. The highest BCUT2D eigenvalue weighted by atomic mass is 35.5. The molecule has 116 valence electrons. The second-order valence-electron chi connectivity index (χ2n) is 4.82. The molecule has 0 saturated heterocycles. The van der Waals surface area contributed by atoms with Crippen LogP contribution in [0.15, 0.2) is 42.7 Å². The van der Waals surface area contributed by atoms with Crippen molar-refractivity contribution in [2.45, 2.75) is 18.9 Å². The number of aryl methyl sites for hydroxylation is 1. The summed E-state index contributed by atoms with van der Waals surface area (Å²) in [5, 5.41) is 13.6. The fraction of sp³-hybridized carbons (Fsp3) is 0.250. The van der Waals surface area contributed by atoms with Gasteiger partial charge < -0.3 is 10.4 Å². The van der Waals surface area contributed by atoms with E-state index in [0.717, 1.165) is 5.56 Å². The minimum Gasteiger partial charge on any atom is -0.386 e. The maximum atomic E-state index is 11.8. The fourth-order valence-electron chi connectivity index (χ4n) is 2.03. The van der Waals surface area contributed by atoms with E-state index in [4.69, 9.17) is 23.2 Å². The molecule has 0 aliphatic carbocycles. The third-order valence-electron chi connectivity index (χ3n) is 3.19. The van der Waals surface area contributed by atoms with E-state index in [1.807, 2.05) is 12.1 Å². The van der Waals surface area contributed by atoms with E-state index >= 15 is 0 Å². The van der Waals surface area contributed by atoms with Gasteiger partial charge in [-0.15, -0.1) is 0 Å². The predicted octanol–water partition coefficient (Wildman–Crippen LogP) is 3.17. The maximum absolute atomic E-state index is 11.8. The van der Waals surface area contributed by atoms with Gasteiger partial charge in [-0.1, -0.05) is 35.3 Å². The zero-order valence-electron chi connectivity index (χ0n) is 11.8. The molecule has 1 atom stereocenters. The van der Waals surface area contributed by atoms with Crippen LogP contribution in [0.2, 0.25) is 10.0 Å². The normalized spacial score (nSPS) is 12.0. The number of hydrogen-bond donors (Lipinski definition) is 2. The molecular formula is C16H16Cl2N2O2. The van der Waals surface area contributed by atoms with Crippen LogP contribution in [-0.2, 0) is 11.2 Å². The number of carbonyl (C=O) groups excluding carboxylic acids is 1. The van der Waals surface area contributed by atoms with Crippen molar-refractivity contribution in [1.82, 2.24) is 10.3 Å². The van der Waals surface area contributed by atoms with Crippen molar-refractivity contribution in [2.24, 2.45) is 0 Å². The number of pyridine rings is 1. The Balaban J connectivity index is 1.83. The van der Waals surface area contributed by atoms with E-state index in [9.17, 15) is 9.90 Å². The Hall–Kier alpha value is -1.62. The molecule has 1 aromatic carbocycles. The van der Waals surface area contributed by atoms with Crippen molar-refractivity contribution < 1.29 is 9.90 Å². The fourth-order valence-corrected chi connectivity index (χ4v) is 2.68. The molecule has 6 heteroatoms. The monoisotopic (exact) mass is 338 g/mol. The lowest BCUT2D eigenvalue weighted by Gasteiger charge is -2.15. The lowest BCUT2D eigenvalue weighted by atomic mass is 10.1. The van der Waals surface area contributed by atoms with Crippen molar-refractivity contribution in [3.63, 3.8) is 0 Å². The van der Waals surface area contributed by atoms with Crippen molar-refractivity contribution in [3.8, 4) is 0 Å². The Bertz CT molecular complexity index is 615. The molecule has 2 N–H and O–H groups in total.